The molecule has 1 aromatic heterocycles. The third-order valence-electron chi connectivity index (χ3n) is 2.67. The average molecular weight is 278 g/mol. The first-order valence-corrected chi connectivity index (χ1v) is 5.86. The van der Waals surface area contributed by atoms with Gasteiger partial charge in [-0.1, -0.05) is 23.7 Å². The Hall–Kier alpha value is -2.12. The van der Waals surface area contributed by atoms with Gasteiger partial charge in [0.2, 0.25) is 5.78 Å². The molecule has 1 unspecified atom stereocenters. The van der Waals surface area contributed by atoms with Gasteiger partial charge in [0, 0.05) is 5.56 Å². The molecule has 1 aromatic carbocycles. The van der Waals surface area contributed by atoms with Crippen molar-refractivity contribution in [2.75, 3.05) is 0 Å². The van der Waals surface area contributed by atoms with Crippen LogP contribution in [-0.2, 0) is 0 Å². The van der Waals surface area contributed by atoms with E-state index in [1.807, 2.05) is 0 Å². The van der Waals surface area contributed by atoms with Gasteiger partial charge in [0.15, 0.2) is 5.76 Å². The summed E-state index contributed by atoms with van der Waals surface area (Å²) in [4.78, 5) is 12.1. The summed E-state index contributed by atoms with van der Waals surface area (Å²) in [5, 5.41) is 8.99. The SMILES string of the molecule is Cc1ccc(C(=O)C(C#N)c2cccc(Cl)c2F)o1. The standard InChI is InChI=1S/C14H9ClFNO2/c1-8-5-6-12(19-8)14(18)10(7-17)9-3-2-4-11(15)13(9)16/h2-6,10H,1H3. The largest absolute Gasteiger partial charge is 0.458 e. The Morgan fingerprint density at radius 2 is 2.16 bits per heavy atom. The van der Waals surface area contributed by atoms with E-state index in [9.17, 15) is 9.18 Å². The molecule has 1 heterocycles. The molecule has 0 aliphatic rings. The van der Waals surface area contributed by atoms with E-state index < -0.39 is 17.5 Å². The average Bonchev–Trinajstić information content (AvgIpc) is 2.82. The van der Waals surface area contributed by atoms with Crippen LogP contribution in [0.5, 0.6) is 0 Å². The number of benzene rings is 1. The third-order valence-corrected chi connectivity index (χ3v) is 2.96. The van der Waals surface area contributed by atoms with Crippen molar-refractivity contribution >= 4 is 17.4 Å². The van der Waals surface area contributed by atoms with Crippen LogP contribution in [0.3, 0.4) is 0 Å². The summed E-state index contributed by atoms with van der Waals surface area (Å²) in [5.41, 5.74) is -0.0472. The van der Waals surface area contributed by atoms with Gasteiger partial charge in [0.05, 0.1) is 11.1 Å². The van der Waals surface area contributed by atoms with Crippen LogP contribution < -0.4 is 0 Å². The summed E-state index contributed by atoms with van der Waals surface area (Å²) < 4.78 is 19.0. The van der Waals surface area contributed by atoms with Gasteiger partial charge in [-0.25, -0.2) is 4.39 Å². The Balaban J connectivity index is 2.43. The number of nitrogens with zero attached hydrogens (tertiary/aromatic N) is 1. The van der Waals surface area contributed by atoms with Crippen LogP contribution in [-0.4, -0.2) is 5.78 Å². The molecule has 19 heavy (non-hydrogen) atoms. The number of nitriles is 1. The zero-order chi connectivity index (χ0) is 14.0. The molecule has 0 saturated heterocycles. The summed E-state index contributed by atoms with van der Waals surface area (Å²) >= 11 is 5.65. The van der Waals surface area contributed by atoms with Crippen LogP contribution in [0.4, 0.5) is 4.39 Å². The number of furan rings is 1. The van der Waals surface area contributed by atoms with Gasteiger partial charge in [-0.3, -0.25) is 4.79 Å². The molecule has 5 heteroatoms. The number of carbonyl (C=O) groups excluding carboxylic acids is 1. The Morgan fingerprint density at radius 1 is 1.42 bits per heavy atom. The molecule has 0 amide bonds. The molecule has 0 spiro atoms. The van der Waals surface area contributed by atoms with Crippen LogP contribution in [0.1, 0.15) is 27.8 Å². The highest BCUT2D eigenvalue weighted by Crippen LogP contribution is 2.27. The van der Waals surface area contributed by atoms with Gasteiger partial charge in [-0.2, -0.15) is 5.26 Å². The minimum Gasteiger partial charge on any atom is -0.458 e. The van der Waals surface area contributed by atoms with Gasteiger partial charge >= 0.3 is 0 Å². The fourth-order valence-corrected chi connectivity index (χ4v) is 1.90. The van der Waals surface area contributed by atoms with Gasteiger partial charge in [0.1, 0.15) is 17.5 Å². The molecule has 1 atom stereocenters. The van der Waals surface area contributed by atoms with E-state index in [4.69, 9.17) is 21.3 Å². The predicted octanol–water partition coefficient (Wildman–Crippen LogP) is 3.87. The van der Waals surface area contributed by atoms with Crippen molar-refractivity contribution in [3.63, 3.8) is 0 Å². The number of halogens is 2. The second-order valence-corrected chi connectivity index (χ2v) is 4.39. The van der Waals surface area contributed by atoms with Gasteiger partial charge in [-0.15, -0.1) is 0 Å². The summed E-state index contributed by atoms with van der Waals surface area (Å²) in [6.45, 7) is 1.68. The lowest BCUT2D eigenvalue weighted by Gasteiger charge is -2.08. The van der Waals surface area contributed by atoms with E-state index >= 15 is 0 Å². The predicted molar refractivity (Wildman–Crippen MR) is 67.5 cm³/mol. The smallest absolute Gasteiger partial charge is 0.219 e. The van der Waals surface area contributed by atoms with Gasteiger partial charge in [-0.05, 0) is 25.1 Å². The summed E-state index contributed by atoms with van der Waals surface area (Å²) in [6.07, 6.45) is 0. The maximum Gasteiger partial charge on any atom is 0.219 e. The summed E-state index contributed by atoms with van der Waals surface area (Å²) in [5.74, 6) is -2.04. The first-order valence-electron chi connectivity index (χ1n) is 5.48. The topological polar surface area (TPSA) is 54.0 Å². The van der Waals surface area contributed by atoms with Crippen molar-refractivity contribution in [1.82, 2.24) is 0 Å². The molecule has 96 valence electrons. The molecule has 0 aliphatic heterocycles. The number of hydrogen-bond donors (Lipinski definition) is 0. The lowest BCUT2D eigenvalue weighted by Crippen LogP contribution is -2.12. The first kappa shape index (κ1) is 13.3. The molecule has 2 rings (SSSR count). The molecule has 0 bridgehead atoms. The fraction of sp³-hybridized carbons (Fsp3) is 0.143. The molecular weight excluding hydrogens is 269 g/mol. The lowest BCUT2D eigenvalue weighted by atomic mass is 9.94. The maximum atomic E-state index is 13.9. The Bertz CT molecular complexity index is 672. The van der Waals surface area contributed by atoms with E-state index in [1.54, 1.807) is 19.1 Å². The van der Waals surface area contributed by atoms with Gasteiger partial charge in [0.25, 0.3) is 0 Å². The summed E-state index contributed by atoms with van der Waals surface area (Å²) in [6, 6.07) is 9.07. The number of ketones is 1. The summed E-state index contributed by atoms with van der Waals surface area (Å²) in [7, 11) is 0. The molecule has 0 N–H and O–H groups in total. The monoisotopic (exact) mass is 277 g/mol. The molecular formula is C14H9ClFNO2. The zero-order valence-corrected chi connectivity index (χ0v) is 10.7. The van der Waals surface area contributed by atoms with E-state index in [0.29, 0.717) is 5.76 Å². The molecule has 0 saturated carbocycles. The van der Waals surface area contributed by atoms with Crippen LogP contribution in [0.15, 0.2) is 34.7 Å². The number of rotatable bonds is 3. The van der Waals surface area contributed by atoms with E-state index in [1.165, 1.54) is 24.3 Å². The van der Waals surface area contributed by atoms with Crippen LogP contribution in [0.2, 0.25) is 5.02 Å². The molecule has 0 fully saturated rings. The number of aryl methyl sites for hydroxylation is 1. The van der Waals surface area contributed by atoms with Crippen LogP contribution >= 0.6 is 11.6 Å². The minimum absolute atomic E-state index is 0.0309. The van der Waals surface area contributed by atoms with E-state index in [-0.39, 0.29) is 16.3 Å². The highest BCUT2D eigenvalue weighted by atomic mass is 35.5. The minimum atomic E-state index is -1.27. The highest BCUT2D eigenvalue weighted by molar-refractivity contribution is 6.30. The second kappa shape index (κ2) is 5.25. The van der Waals surface area contributed by atoms with Crippen molar-refractivity contribution in [2.24, 2.45) is 0 Å². The van der Waals surface area contributed by atoms with Crippen molar-refractivity contribution in [3.05, 3.63) is 58.3 Å². The third kappa shape index (κ3) is 2.51. The Kier molecular flexibility index (Phi) is 3.68. The number of hydrogen-bond acceptors (Lipinski definition) is 3. The van der Waals surface area contributed by atoms with E-state index in [2.05, 4.69) is 0 Å². The quantitative estimate of drug-likeness (QED) is 0.800. The fourth-order valence-electron chi connectivity index (χ4n) is 1.72. The van der Waals surface area contributed by atoms with Crippen molar-refractivity contribution in [3.8, 4) is 6.07 Å². The van der Waals surface area contributed by atoms with Crippen LogP contribution in [0.25, 0.3) is 0 Å². The maximum absolute atomic E-state index is 13.9. The molecule has 0 radical (unpaired) electrons. The van der Waals surface area contributed by atoms with Crippen molar-refractivity contribution in [2.45, 2.75) is 12.8 Å². The number of carbonyl (C=O) groups is 1. The molecule has 3 nitrogen and oxygen atoms in total. The normalized spacial score (nSPS) is 11.9. The molecule has 2 aromatic rings. The second-order valence-electron chi connectivity index (χ2n) is 3.98. The number of Topliss-reactive ketones (excluding diaryl/α,β-unsaturated/α-hetero) is 1. The van der Waals surface area contributed by atoms with Crippen LogP contribution in [0, 0.1) is 24.1 Å². The first-order chi connectivity index (χ1) is 9.04. The molecule has 0 aliphatic carbocycles. The van der Waals surface area contributed by atoms with E-state index in [0.717, 1.165) is 0 Å². The Labute approximate surface area is 114 Å². The zero-order valence-electron chi connectivity index (χ0n) is 9.98. The van der Waals surface area contributed by atoms with Crippen molar-refractivity contribution < 1.29 is 13.6 Å². The van der Waals surface area contributed by atoms with Crippen molar-refractivity contribution in [1.29, 1.82) is 5.26 Å². The Morgan fingerprint density at radius 3 is 2.74 bits per heavy atom. The highest BCUT2D eigenvalue weighted by Gasteiger charge is 2.27. The van der Waals surface area contributed by atoms with Gasteiger partial charge < -0.3 is 4.42 Å². The lowest BCUT2D eigenvalue weighted by molar-refractivity contribution is 0.0949.